The summed E-state index contributed by atoms with van der Waals surface area (Å²) < 4.78 is 0. The number of aliphatic hydroxyl groups excluding tert-OH is 2. The molecule has 3 atom stereocenters. The molecule has 0 bridgehead atoms. The highest BCUT2D eigenvalue weighted by Crippen LogP contribution is 2.20. The summed E-state index contributed by atoms with van der Waals surface area (Å²) in [6.45, 7) is 3.60. The van der Waals surface area contributed by atoms with Crippen LogP contribution in [0.5, 0.6) is 0 Å². The second-order valence-corrected chi connectivity index (χ2v) is 6.31. The average molecular weight is 347 g/mol. The van der Waals surface area contributed by atoms with E-state index in [0.717, 1.165) is 0 Å². The fraction of sp³-hybridized carbons (Fsp3) is 0.500. The Morgan fingerprint density at radius 2 is 2.24 bits per heavy atom. The van der Waals surface area contributed by atoms with Gasteiger partial charge in [-0.1, -0.05) is 0 Å². The molecule has 2 aromatic heterocycles. The number of H-pyrrole nitrogens is 1. The smallest absolute Gasteiger partial charge is 0.255 e. The standard InChI is InChI=1S/C16H21N5O4/c1-8-13(14-11(19-8)5-17-7-18-14)15(24)20-10-3-4-21(6-12(10)23)16(25)9(2)22/h5,7,9-10,12,19,22-23H,3-4,6H2,1-2H3,(H,20,24)/t9-,10-,12-/m0/s1. The zero-order chi connectivity index (χ0) is 18.1. The Morgan fingerprint density at radius 3 is 2.92 bits per heavy atom. The van der Waals surface area contributed by atoms with Gasteiger partial charge in [-0.2, -0.15) is 0 Å². The van der Waals surface area contributed by atoms with Crippen molar-refractivity contribution >= 4 is 22.8 Å². The topological polar surface area (TPSA) is 131 Å². The maximum absolute atomic E-state index is 12.7. The van der Waals surface area contributed by atoms with Gasteiger partial charge in [0, 0.05) is 18.8 Å². The van der Waals surface area contributed by atoms with Gasteiger partial charge < -0.3 is 25.4 Å². The van der Waals surface area contributed by atoms with Gasteiger partial charge in [0.2, 0.25) is 0 Å². The van der Waals surface area contributed by atoms with Crippen molar-refractivity contribution in [3.8, 4) is 0 Å². The Morgan fingerprint density at radius 1 is 1.48 bits per heavy atom. The van der Waals surface area contributed by atoms with E-state index >= 15 is 0 Å². The monoisotopic (exact) mass is 347 g/mol. The molecule has 0 radical (unpaired) electrons. The van der Waals surface area contributed by atoms with Gasteiger partial charge in [-0.15, -0.1) is 0 Å². The molecule has 1 fully saturated rings. The lowest BCUT2D eigenvalue weighted by atomic mass is 10.0. The van der Waals surface area contributed by atoms with Crippen LogP contribution < -0.4 is 5.32 Å². The number of amides is 2. The number of aliphatic hydroxyl groups is 2. The number of aromatic amines is 1. The van der Waals surface area contributed by atoms with Crippen LogP contribution >= 0.6 is 0 Å². The number of hydrogen-bond acceptors (Lipinski definition) is 6. The lowest BCUT2D eigenvalue weighted by Gasteiger charge is -2.36. The van der Waals surface area contributed by atoms with E-state index in [4.69, 9.17) is 0 Å². The highest BCUT2D eigenvalue weighted by molar-refractivity contribution is 6.06. The largest absolute Gasteiger partial charge is 0.389 e. The summed E-state index contributed by atoms with van der Waals surface area (Å²) in [6.07, 6.45) is 1.37. The minimum Gasteiger partial charge on any atom is -0.389 e. The average Bonchev–Trinajstić information content (AvgIpc) is 2.91. The third kappa shape index (κ3) is 3.33. The van der Waals surface area contributed by atoms with Crippen LogP contribution in [0.3, 0.4) is 0 Å². The maximum Gasteiger partial charge on any atom is 0.255 e. The molecular formula is C16H21N5O4. The number of β-amino-alcohol motifs (C(OH)–C–C–N with tert-alkyl or cyclic N) is 1. The van der Waals surface area contributed by atoms with Gasteiger partial charge in [0.05, 0.1) is 29.4 Å². The molecule has 0 saturated carbocycles. The Balaban J connectivity index is 1.71. The van der Waals surface area contributed by atoms with Crippen LogP contribution in [0.15, 0.2) is 12.5 Å². The van der Waals surface area contributed by atoms with E-state index in [1.165, 1.54) is 18.2 Å². The first-order valence-electron chi connectivity index (χ1n) is 8.12. The molecule has 1 saturated heterocycles. The lowest BCUT2D eigenvalue weighted by molar-refractivity contribution is -0.142. The molecule has 0 aromatic carbocycles. The molecular weight excluding hydrogens is 326 g/mol. The predicted octanol–water partition coefficient (Wildman–Crippen LogP) is -0.661. The minimum atomic E-state index is -1.10. The molecule has 3 rings (SSSR count). The van der Waals surface area contributed by atoms with Crippen molar-refractivity contribution in [2.24, 2.45) is 0 Å². The summed E-state index contributed by atoms with van der Waals surface area (Å²) in [5.74, 6) is -0.755. The summed E-state index contributed by atoms with van der Waals surface area (Å²) in [5.41, 5.74) is 2.29. The first kappa shape index (κ1) is 17.3. The van der Waals surface area contributed by atoms with Crippen molar-refractivity contribution in [2.45, 2.75) is 38.5 Å². The highest BCUT2D eigenvalue weighted by atomic mass is 16.3. The van der Waals surface area contributed by atoms with Crippen molar-refractivity contribution in [3.05, 3.63) is 23.8 Å². The molecule has 3 heterocycles. The van der Waals surface area contributed by atoms with E-state index in [-0.39, 0.29) is 12.5 Å². The molecule has 9 heteroatoms. The van der Waals surface area contributed by atoms with Crippen molar-refractivity contribution in [1.29, 1.82) is 0 Å². The molecule has 1 aliphatic rings. The zero-order valence-electron chi connectivity index (χ0n) is 14.1. The van der Waals surface area contributed by atoms with Crippen LogP contribution in [0.25, 0.3) is 11.0 Å². The van der Waals surface area contributed by atoms with Crippen molar-refractivity contribution in [3.63, 3.8) is 0 Å². The van der Waals surface area contributed by atoms with Crippen molar-refractivity contribution < 1.29 is 19.8 Å². The molecule has 0 unspecified atom stereocenters. The molecule has 4 N–H and O–H groups in total. The van der Waals surface area contributed by atoms with E-state index in [9.17, 15) is 19.8 Å². The molecule has 25 heavy (non-hydrogen) atoms. The van der Waals surface area contributed by atoms with Gasteiger partial charge in [0.25, 0.3) is 11.8 Å². The number of hydrogen-bond donors (Lipinski definition) is 4. The van der Waals surface area contributed by atoms with Gasteiger partial charge in [0.15, 0.2) is 0 Å². The van der Waals surface area contributed by atoms with Crippen LogP contribution in [0.4, 0.5) is 0 Å². The van der Waals surface area contributed by atoms with Gasteiger partial charge in [-0.25, -0.2) is 9.97 Å². The maximum atomic E-state index is 12.7. The molecule has 0 aliphatic carbocycles. The number of nitrogens with zero attached hydrogens (tertiary/aromatic N) is 3. The summed E-state index contributed by atoms with van der Waals surface area (Å²) in [7, 11) is 0. The molecule has 134 valence electrons. The fourth-order valence-electron chi connectivity index (χ4n) is 3.15. The summed E-state index contributed by atoms with van der Waals surface area (Å²) in [5, 5.41) is 22.5. The molecule has 0 spiro atoms. The van der Waals surface area contributed by atoms with Crippen LogP contribution in [-0.2, 0) is 4.79 Å². The van der Waals surface area contributed by atoms with Crippen molar-refractivity contribution in [1.82, 2.24) is 25.2 Å². The number of fused-ring (bicyclic) bond motifs is 1. The van der Waals surface area contributed by atoms with E-state index in [1.54, 1.807) is 13.1 Å². The Labute approximate surface area is 144 Å². The number of aryl methyl sites for hydroxylation is 1. The first-order chi connectivity index (χ1) is 11.9. The quantitative estimate of drug-likeness (QED) is 0.583. The fourth-order valence-corrected chi connectivity index (χ4v) is 3.15. The van der Waals surface area contributed by atoms with Crippen LogP contribution in [0.1, 0.15) is 29.4 Å². The van der Waals surface area contributed by atoms with Crippen LogP contribution in [-0.4, -0.2) is 73.2 Å². The Hall–Kier alpha value is -2.52. The number of piperidine rings is 1. The third-order valence-corrected chi connectivity index (χ3v) is 4.44. The second kappa shape index (κ2) is 6.77. The Kier molecular flexibility index (Phi) is 4.69. The van der Waals surface area contributed by atoms with Crippen molar-refractivity contribution in [2.75, 3.05) is 13.1 Å². The molecule has 2 amide bonds. The highest BCUT2D eigenvalue weighted by Gasteiger charge is 2.33. The summed E-state index contributed by atoms with van der Waals surface area (Å²) in [4.78, 5) is 37.0. The zero-order valence-corrected chi connectivity index (χ0v) is 14.1. The third-order valence-electron chi connectivity index (χ3n) is 4.44. The lowest BCUT2D eigenvalue weighted by Crippen LogP contribution is -2.56. The predicted molar refractivity (Wildman–Crippen MR) is 88.8 cm³/mol. The molecule has 1 aliphatic heterocycles. The minimum absolute atomic E-state index is 0.0731. The SMILES string of the molecule is Cc1[nH]c2cncnc2c1C(=O)N[C@H]1CCN(C(=O)[C@H](C)O)C[C@@H]1O. The summed E-state index contributed by atoms with van der Waals surface area (Å²) >= 11 is 0. The summed E-state index contributed by atoms with van der Waals surface area (Å²) in [6, 6.07) is -0.475. The van der Waals surface area contributed by atoms with Gasteiger partial charge in [0.1, 0.15) is 17.9 Å². The van der Waals surface area contributed by atoms with E-state index in [0.29, 0.717) is 35.3 Å². The number of carbonyl (C=O) groups excluding carboxylic acids is 2. The van der Waals surface area contributed by atoms with E-state index < -0.39 is 24.2 Å². The molecule has 2 aromatic rings. The second-order valence-electron chi connectivity index (χ2n) is 6.31. The number of rotatable bonds is 3. The normalized spacial score (nSPS) is 22.0. The van der Waals surface area contributed by atoms with Crippen LogP contribution in [0, 0.1) is 6.92 Å². The number of nitrogens with one attached hydrogen (secondary N) is 2. The Bertz CT molecular complexity index is 803. The molecule has 9 nitrogen and oxygen atoms in total. The van der Waals surface area contributed by atoms with Gasteiger partial charge >= 0.3 is 0 Å². The van der Waals surface area contributed by atoms with Gasteiger partial charge in [-0.3, -0.25) is 9.59 Å². The van der Waals surface area contributed by atoms with Gasteiger partial charge in [-0.05, 0) is 20.3 Å². The van der Waals surface area contributed by atoms with E-state index in [1.807, 2.05) is 0 Å². The first-order valence-corrected chi connectivity index (χ1v) is 8.12. The van der Waals surface area contributed by atoms with Crippen LogP contribution in [0.2, 0.25) is 0 Å². The van der Waals surface area contributed by atoms with E-state index in [2.05, 4.69) is 20.3 Å². The number of aromatic nitrogens is 3. The number of carbonyl (C=O) groups is 2. The number of likely N-dealkylation sites (tertiary alicyclic amines) is 1.